The lowest BCUT2D eigenvalue weighted by Gasteiger charge is -2.38. The average Bonchev–Trinajstić information content (AvgIpc) is 3.03. The SMILES string of the molecule is Nc1ncnc2c1ncn2[C@@H]1CN(CCOP(=O)(O)O)CC(OP(=O)(O)OP(=O)(O)O)O1. The van der Waals surface area contributed by atoms with Crippen LogP contribution >= 0.6 is 23.5 Å². The highest BCUT2D eigenvalue weighted by molar-refractivity contribution is 7.60. The lowest BCUT2D eigenvalue weighted by Crippen LogP contribution is -2.47. The largest absolute Gasteiger partial charge is 0.483 e. The molecule has 0 spiro atoms. The number of nitrogen functional groups attached to an aromatic ring is 1. The second-order valence-electron chi connectivity index (χ2n) is 6.33. The van der Waals surface area contributed by atoms with Crippen LogP contribution in [0.1, 0.15) is 6.23 Å². The first-order chi connectivity index (χ1) is 14.7. The van der Waals surface area contributed by atoms with Crippen molar-refractivity contribution in [1.29, 1.82) is 0 Å². The number of hydrogen-bond acceptors (Lipinski definition) is 12. The second kappa shape index (κ2) is 9.48. The summed E-state index contributed by atoms with van der Waals surface area (Å²) in [6.45, 7) is -0.697. The van der Waals surface area contributed by atoms with Gasteiger partial charge in [-0.3, -0.25) is 18.5 Å². The monoisotopic (exact) mass is 520 g/mol. The fourth-order valence-corrected chi connectivity index (χ4v) is 4.80. The Morgan fingerprint density at radius 3 is 2.47 bits per heavy atom. The predicted molar refractivity (Wildman–Crippen MR) is 102 cm³/mol. The number of aromatic nitrogens is 4. The van der Waals surface area contributed by atoms with Gasteiger partial charge in [0.1, 0.15) is 11.8 Å². The fourth-order valence-electron chi connectivity index (χ4n) is 2.83. The predicted octanol–water partition coefficient (Wildman–Crippen LogP) is -1.10. The number of rotatable bonds is 9. The number of nitrogens with zero attached hydrogens (tertiary/aromatic N) is 5. The molecule has 0 aromatic carbocycles. The van der Waals surface area contributed by atoms with Crippen molar-refractivity contribution in [3.05, 3.63) is 12.7 Å². The van der Waals surface area contributed by atoms with E-state index in [0.717, 1.165) is 0 Å². The molecule has 0 bridgehead atoms. The highest BCUT2D eigenvalue weighted by Gasteiger charge is 2.39. The van der Waals surface area contributed by atoms with Gasteiger partial charge in [0.2, 0.25) is 0 Å². The van der Waals surface area contributed by atoms with Crippen LogP contribution in [0.5, 0.6) is 0 Å². The van der Waals surface area contributed by atoms with E-state index in [4.69, 9.17) is 34.6 Å². The minimum absolute atomic E-state index is 0.0504. The molecule has 32 heavy (non-hydrogen) atoms. The topological polar surface area (TPSA) is 262 Å². The zero-order chi connectivity index (χ0) is 23.7. The van der Waals surface area contributed by atoms with E-state index in [-0.39, 0.29) is 36.6 Å². The molecule has 7 N–H and O–H groups in total. The van der Waals surface area contributed by atoms with Crippen LogP contribution < -0.4 is 5.73 Å². The molecule has 1 fully saturated rings. The van der Waals surface area contributed by atoms with E-state index in [1.165, 1.54) is 22.1 Å². The van der Waals surface area contributed by atoms with Crippen LogP contribution in [0.2, 0.25) is 0 Å². The Kier molecular flexibility index (Phi) is 7.49. The van der Waals surface area contributed by atoms with Crippen LogP contribution in [0.3, 0.4) is 0 Å². The summed E-state index contributed by atoms with van der Waals surface area (Å²) in [5, 5.41) is 0. The minimum Gasteiger partial charge on any atom is -0.382 e. The third-order valence-corrected chi connectivity index (χ3v) is 6.65. The third kappa shape index (κ3) is 7.07. The molecule has 1 aliphatic heterocycles. The lowest BCUT2D eigenvalue weighted by atomic mass is 10.3. The van der Waals surface area contributed by atoms with E-state index in [0.29, 0.717) is 0 Å². The van der Waals surface area contributed by atoms with Crippen LogP contribution in [0, 0.1) is 0 Å². The molecular formula is C11H19N6O12P3. The van der Waals surface area contributed by atoms with Crippen LogP contribution in [0.25, 0.3) is 11.2 Å². The molecule has 180 valence electrons. The number of ether oxygens (including phenoxy) is 1. The summed E-state index contributed by atoms with van der Waals surface area (Å²) >= 11 is 0. The molecule has 0 amide bonds. The van der Waals surface area contributed by atoms with Gasteiger partial charge in [-0.1, -0.05) is 0 Å². The Morgan fingerprint density at radius 1 is 1.09 bits per heavy atom. The van der Waals surface area contributed by atoms with Gasteiger partial charge in [-0.15, -0.1) is 0 Å². The molecule has 2 unspecified atom stereocenters. The number of phosphoric acid groups is 3. The smallest absolute Gasteiger partial charge is 0.382 e. The molecule has 0 aliphatic carbocycles. The highest BCUT2D eigenvalue weighted by Crippen LogP contribution is 2.58. The number of morpholine rings is 1. The van der Waals surface area contributed by atoms with Crippen molar-refractivity contribution in [3.8, 4) is 0 Å². The van der Waals surface area contributed by atoms with E-state index in [9.17, 15) is 18.6 Å². The average molecular weight is 520 g/mol. The molecular weight excluding hydrogens is 501 g/mol. The molecule has 18 nitrogen and oxygen atoms in total. The van der Waals surface area contributed by atoms with Gasteiger partial charge in [0.15, 0.2) is 24.0 Å². The van der Waals surface area contributed by atoms with Crippen molar-refractivity contribution in [2.75, 3.05) is 32.0 Å². The van der Waals surface area contributed by atoms with Gasteiger partial charge in [0, 0.05) is 13.1 Å². The molecule has 21 heteroatoms. The van der Waals surface area contributed by atoms with E-state index < -0.39 is 42.6 Å². The second-order valence-corrected chi connectivity index (χ2v) is 10.4. The number of fused-ring (bicyclic) bond motifs is 1. The van der Waals surface area contributed by atoms with Crippen molar-refractivity contribution in [2.45, 2.75) is 12.5 Å². The Hall–Kier alpha value is -1.36. The Balaban J connectivity index is 1.82. The van der Waals surface area contributed by atoms with Gasteiger partial charge >= 0.3 is 23.5 Å². The van der Waals surface area contributed by atoms with E-state index in [1.807, 2.05) is 0 Å². The van der Waals surface area contributed by atoms with Crippen molar-refractivity contribution < 1.29 is 56.3 Å². The summed E-state index contributed by atoms with van der Waals surface area (Å²) in [5.41, 5.74) is 6.24. The maximum absolute atomic E-state index is 11.9. The van der Waals surface area contributed by atoms with E-state index >= 15 is 0 Å². The van der Waals surface area contributed by atoms with Gasteiger partial charge in [-0.05, 0) is 0 Å². The molecule has 3 rings (SSSR count). The van der Waals surface area contributed by atoms with E-state index in [2.05, 4.69) is 23.8 Å². The summed E-state index contributed by atoms with van der Waals surface area (Å²) < 4.78 is 53.6. The zero-order valence-corrected chi connectivity index (χ0v) is 18.6. The number of nitrogens with two attached hydrogens (primary N) is 1. The molecule has 1 saturated heterocycles. The molecule has 1 aliphatic rings. The molecule has 3 heterocycles. The van der Waals surface area contributed by atoms with E-state index in [1.54, 1.807) is 0 Å². The van der Waals surface area contributed by atoms with Gasteiger partial charge < -0.3 is 34.9 Å². The lowest BCUT2D eigenvalue weighted by molar-refractivity contribution is -0.199. The highest BCUT2D eigenvalue weighted by atomic mass is 31.3. The quantitative estimate of drug-likeness (QED) is 0.214. The van der Waals surface area contributed by atoms with Crippen LogP contribution in [-0.2, 0) is 31.8 Å². The summed E-state index contributed by atoms with van der Waals surface area (Å²) in [6, 6.07) is 0. The Bertz CT molecular complexity index is 1100. The number of anilines is 1. The van der Waals surface area contributed by atoms with Crippen molar-refractivity contribution in [1.82, 2.24) is 24.4 Å². The summed E-state index contributed by atoms with van der Waals surface area (Å²) in [4.78, 5) is 58.3. The maximum atomic E-state index is 11.9. The third-order valence-electron chi connectivity index (χ3n) is 3.96. The van der Waals surface area contributed by atoms with Crippen molar-refractivity contribution >= 4 is 40.4 Å². The Labute approximate surface area is 179 Å². The van der Waals surface area contributed by atoms with Gasteiger partial charge in [-0.25, -0.2) is 28.6 Å². The normalized spacial score (nSPS) is 22.8. The van der Waals surface area contributed by atoms with Crippen LogP contribution in [0.4, 0.5) is 5.82 Å². The van der Waals surface area contributed by atoms with Gasteiger partial charge in [0.05, 0.1) is 19.5 Å². The fraction of sp³-hybridized carbons (Fsp3) is 0.545. The first-order valence-corrected chi connectivity index (χ1v) is 13.1. The van der Waals surface area contributed by atoms with Crippen molar-refractivity contribution in [2.24, 2.45) is 0 Å². The van der Waals surface area contributed by atoms with Crippen LogP contribution in [0.15, 0.2) is 12.7 Å². The minimum atomic E-state index is -5.37. The number of phosphoric ester groups is 2. The standard InChI is InChI=1S/C11H19N6O12P3/c12-10-9-11(14-5-13-10)17(6-15-9)7-3-16(1-2-26-30(18,19)20)4-8(27-7)28-32(24,25)29-31(21,22)23/h5-8H,1-4H2,(H,24,25)(H2,12,13,14)(H2,18,19,20)(H2,21,22,23)/t7-,8?/m0/s1. The Morgan fingerprint density at radius 2 is 1.81 bits per heavy atom. The summed E-state index contributed by atoms with van der Waals surface area (Å²) in [7, 11) is -15.4. The summed E-state index contributed by atoms with van der Waals surface area (Å²) in [6.07, 6.45) is -0.0766. The molecule has 2 aromatic heterocycles. The number of imidazole rings is 1. The maximum Gasteiger partial charge on any atom is 0.483 e. The first-order valence-electron chi connectivity index (χ1n) is 8.51. The molecule has 0 radical (unpaired) electrons. The molecule has 2 aromatic rings. The first kappa shape index (κ1) is 25.3. The van der Waals surface area contributed by atoms with Gasteiger partial charge in [-0.2, -0.15) is 4.31 Å². The summed E-state index contributed by atoms with van der Waals surface area (Å²) in [5.74, 6) is 0.0826. The van der Waals surface area contributed by atoms with Crippen molar-refractivity contribution in [3.63, 3.8) is 0 Å². The molecule has 0 saturated carbocycles. The van der Waals surface area contributed by atoms with Crippen LogP contribution in [-0.4, -0.2) is 81.4 Å². The molecule has 3 atom stereocenters. The zero-order valence-electron chi connectivity index (χ0n) is 15.9. The number of hydrogen-bond donors (Lipinski definition) is 6. The van der Waals surface area contributed by atoms with Gasteiger partial charge in [0.25, 0.3) is 0 Å².